The van der Waals surface area contributed by atoms with E-state index < -0.39 is 5.82 Å². The third-order valence-electron chi connectivity index (χ3n) is 2.94. The summed E-state index contributed by atoms with van der Waals surface area (Å²) >= 11 is 0. The lowest BCUT2D eigenvalue weighted by Gasteiger charge is -2.02. The van der Waals surface area contributed by atoms with Crippen molar-refractivity contribution in [2.75, 3.05) is 0 Å². The molecular weight excluding hydrogens is 285 g/mol. The zero-order valence-electron chi connectivity index (χ0n) is 11.4. The predicted molar refractivity (Wildman–Crippen MR) is 75.2 cm³/mol. The van der Waals surface area contributed by atoms with Crippen molar-refractivity contribution in [3.8, 4) is 23.6 Å². The van der Waals surface area contributed by atoms with Gasteiger partial charge < -0.3 is 9.15 Å². The molecule has 108 valence electrons. The third-order valence-corrected chi connectivity index (χ3v) is 2.94. The molecule has 1 heterocycles. The molecule has 0 saturated carbocycles. The lowest BCUT2D eigenvalue weighted by Crippen LogP contribution is -1.97. The van der Waals surface area contributed by atoms with Gasteiger partial charge in [-0.1, -0.05) is 29.4 Å². The minimum Gasteiger partial charge on any atom is -0.444 e. The van der Waals surface area contributed by atoms with Crippen LogP contribution in [0.3, 0.4) is 0 Å². The van der Waals surface area contributed by atoms with Gasteiger partial charge in [-0.3, -0.25) is 0 Å². The van der Waals surface area contributed by atoms with Crippen molar-refractivity contribution in [3.63, 3.8) is 0 Å². The van der Waals surface area contributed by atoms with Crippen LogP contribution in [0.25, 0.3) is 11.5 Å². The van der Waals surface area contributed by atoms with Gasteiger partial charge in [-0.15, -0.1) is 5.10 Å². The molecule has 0 amide bonds. The van der Waals surface area contributed by atoms with Crippen LogP contribution < -0.4 is 4.74 Å². The van der Waals surface area contributed by atoms with Gasteiger partial charge in [0.1, 0.15) is 18.5 Å². The average molecular weight is 295 g/mol. The summed E-state index contributed by atoms with van der Waals surface area (Å²) in [6, 6.07) is 15.3. The van der Waals surface area contributed by atoms with E-state index in [1.807, 2.05) is 30.3 Å². The molecular formula is C16H10FN3O2. The van der Waals surface area contributed by atoms with Crippen LogP contribution in [0.2, 0.25) is 0 Å². The zero-order chi connectivity index (χ0) is 15.4. The largest absolute Gasteiger partial charge is 0.444 e. The SMILES string of the molecule is N#Cc1cc(COc2nnc(-c3ccccc3)o2)ccc1F. The number of hydrogen-bond donors (Lipinski definition) is 0. The number of nitrogens with zero attached hydrogens (tertiary/aromatic N) is 3. The first-order valence-electron chi connectivity index (χ1n) is 6.46. The van der Waals surface area contributed by atoms with E-state index in [0.717, 1.165) is 5.56 Å². The molecule has 22 heavy (non-hydrogen) atoms. The highest BCUT2D eigenvalue weighted by Crippen LogP contribution is 2.21. The molecule has 0 aliphatic heterocycles. The quantitative estimate of drug-likeness (QED) is 0.738. The van der Waals surface area contributed by atoms with Crippen molar-refractivity contribution in [1.82, 2.24) is 10.2 Å². The second kappa shape index (κ2) is 6.06. The molecule has 0 atom stereocenters. The van der Waals surface area contributed by atoms with Gasteiger partial charge in [-0.2, -0.15) is 5.26 Å². The molecule has 0 bridgehead atoms. The van der Waals surface area contributed by atoms with Gasteiger partial charge >= 0.3 is 6.08 Å². The van der Waals surface area contributed by atoms with Crippen molar-refractivity contribution in [2.24, 2.45) is 0 Å². The highest BCUT2D eigenvalue weighted by atomic mass is 19.1. The first kappa shape index (κ1) is 13.8. The summed E-state index contributed by atoms with van der Waals surface area (Å²) in [5.41, 5.74) is 1.40. The van der Waals surface area contributed by atoms with Crippen molar-refractivity contribution in [2.45, 2.75) is 6.61 Å². The molecule has 3 aromatic rings. The summed E-state index contributed by atoms with van der Waals surface area (Å²) in [5, 5.41) is 16.5. The molecule has 0 spiro atoms. The van der Waals surface area contributed by atoms with Gasteiger partial charge in [0.2, 0.25) is 0 Å². The smallest absolute Gasteiger partial charge is 0.415 e. The minimum absolute atomic E-state index is 0.0154. The maximum Gasteiger partial charge on any atom is 0.415 e. The van der Waals surface area contributed by atoms with Crippen LogP contribution >= 0.6 is 0 Å². The van der Waals surface area contributed by atoms with Crippen LogP contribution in [0, 0.1) is 17.1 Å². The second-order valence-corrected chi connectivity index (χ2v) is 4.45. The van der Waals surface area contributed by atoms with Crippen LogP contribution in [0.5, 0.6) is 6.08 Å². The molecule has 0 saturated heterocycles. The average Bonchev–Trinajstić information content (AvgIpc) is 3.04. The topological polar surface area (TPSA) is 71.9 Å². The summed E-state index contributed by atoms with van der Waals surface area (Å²) in [4.78, 5) is 0. The Kier molecular flexibility index (Phi) is 3.79. The van der Waals surface area contributed by atoms with E-state index >= 15 is 0 Å². The maximum atomic E-state index is 13.2. The fraction of sp³-hybridized carbons (Fsp3) is 0.0625. The van der Waals surface area contributed by atoms with E-state index in [2.05, 4.69) is 10.2 Å². The summed E-state index contributed by atoms with van der Waals surface area (Å²) < 4.78 is 24.0. The van der Waals surface area contributed by atoms with Gasteiger partial charge in [0.25, 0.3) is 5.89 Å². The Morgan fingerprint density at radius 3 is 2.73 bits per heavy atom. The third kappa shape index (κ3) is 2.94. The molecule has 5 nitrogen and oxygen atoms in total. The van der Waals surface area contributed by atoms with E-state index in [1.165, 1.54) is 18.2 Å². The Bertz CT molecular complexity index is 825. The van der Waals surface area contributed by atoms with Gasteiger partial charge in [0.05, 0.1) is 5.56 Å². The van der Waals surface area contributed by atoms with Gasteiger partial charge in [-0.25, -0.2) is 4.39 Å². The van der Waals surface area contributed by atoms with Crippen LogP contribution in [-0.4, -0.2) is 10.2 Å². The highest BCUT2D eigenvalue weighted by Gasteiger charge is 2.10. The van der Waals surface area contributed by atoms with E-state index in [9.17, 15) is 4.39 Å². The first-order valence-corrected chi connectivity index (χ1v) is 6.46. The Hall–Kier alpha value is -3.20. The summed E-state index contributed by atoms with van der Waals surface area (Å²) in [5.74, 6) is -0.206. The van der Waals surface area contributed by atoms with Crippen LogP contribution in [0.4, 0.5) is 4.39 Å². The zero-order valence-corrected chi connectivity index (χ0v) is 11.4. The Balaban J connectivity index is 1.70. The monoisotopic (exact) mass is 295 g/mol. The normalized spacial score (nSPS) is 10.2. The Morgan fingerprint density at radius 2 is 1.95 bits per heavy atom. The lowest BCUT2D eigenvalue weighted by atomic mass is 10.1. The van der Waals surface area contributed by atoms with Crippen LogP contribution in [-0.2, 0) is 6.61 Å². The first-order chi connectivity index (χ1) is 10.8. The number of benzene rings is 2. The fourth-order valence-electron chi connectivity index (χ4n) is 1.86. The maximum absolute atomic E-state index is 13.2. The van der Waals surface area contributed by atoms with E-state index in [0.29, 0.717) is 11.5 Å². The number of halogens is 1. The molecule has 0 aliphatic carbocycles. The fourth-order valence-corrected chi connectivity index (χ4v) is 1.86. The number of hydrogen-bond acceptors (Lipinski definition) is 5. The van der Waals surface area contributed by atoms with E-state index in [1.54, 1.807) is 6.07 Å². The lowest BCUT2D eigenvalue weighted by molar-refractivity contribution is 0.222. The van der Waals surface area contributed by atoms with Crippen molar-refractivity contribution < 1.29 is 13.5 Å². The molecule has 2 aromatic carbocycles. The molecule has 6 heteroatoms. The molecule has 0 N–H and O–H groups in total. The molecule has 0 unspecified atom stereocenters. The van der Waals surface area contributed by atoms with Crippen LogP contribution in [0.1, 0.15) is 11.1 Å². The molecule has 0 fully saturated rings. The Morgan fingerprint density at radius 1 is 1.14 bits per heavy atom. The Labute approximate surface area is 125 Å². The van der Waals surface area contributed by atoms with E-state index in [4.69, 9.17) is 14.4 Å². The van der Waals surface area contributed by atoms with Crippen molar-refractivity contribution in [3.05, 3.63) is 65.5 Å². The van der Waals surface area contributed by atoms with E-state index in [-0.39, 0.29) is 18.2 Å². The highest BCUT2D eigenvalue weighted by molar-refractivity contribution is 5.51. The summed E-state index contributed by atoms with van der Waals surface area (Å²) in [6.45, 7) is 0.103. The van der Waals surface area contributed by atoms with Gasteiger partial charge in [-0.05, 0) is 29.8 Å². The predicted octanol–water partition coefficient (Wildman–Crippen LogP) is 3.33. The molecule has 0 aliphatic rings. The molecule has 3 rings (SSSR count). The summed E-state index contributed by atoms with van der Waals surface area (Å²) in [6.07, 6.45) is 0.0154. The number of rotatable bonds is 4. The molecule has 0 radical (unpaired) electrons. The number of aromatic nitrogens is 2. The van der Waals surface area contributed by atoms with Gasteiger partial charge in [0, 0.05) is 5.56 Å². The van der Waals surface area contributed by atoms with Gasteiger partial charge in [0.15, 0.2) is 0 Å². The van der Waals surface area contributed by atoms with Crippen LogP contribution in [0.15, 0.2) is 52.9 Å². The van der Waals surface area contributed by atoms with Crippen molar-refractivity contribution in [1.29, 1.82) is 5.26 Å². The number of ether oxygens (including phenoxy) is 1. The standard InChI is InChI=1S/C16H10FN3O2/c17-14-7-6-11(8-13(14)9-18)10-21-16-20-19-15(22-16)12-4-2-1-3-5-12/h1-8H,10H2. The second-order valence-electron chi connectivity index (χ2n) is 4.45. The number of nitriles is 1. The minimum atomic E-state index is -0.560. The van der Waals surface area contributed by atoms with Crippen molar-refractivity contribution >= 4 is 0 Å². The molecule has 1 aromatic heterocycles. The summed E-state index contributed by atoms with van der Waals surface area (Å²) in [7, 11) is 0.